The molecule has 0 unspecified atom stereocenters. The highest BCUT2D eigenvalue weighted by Crippen LogP contribution is 2.20. The van der Waals surface area contributed by atoms with E-state index in [4.69, 9.17) is 16.3 Å². The third kappa shape index (κ3) is 6.77. The molecule has 0 spiro atoms. The lowest BCUT2D eigenvalue weighted by molar-refractivity contribution is -0.129. The molecular weight excluding hydrogens is 480 g/mol. The Hall–Kier alpha value is -3.56. The van der Waals surface area contributed by atoms with E-state index in [1.807, 2.05) is 35.2 Å². The zero-order valence-electron chi connectivity index (χ0n) is 20.4. The van der Waals surface area contributed by atoms with Crippen molar-refractivity contribution in [2.75, 3.05) is 26.9 Å². The molecule has 2 heterocycles. The van der Waals surface area contributed by atoms with Gasteiger partial charge in [-0.2, -0.15) is 4.80 Å². The number of aryl methyl sites for hydroxylation is 1. The number of hydrogen-bond acceptors (Lipinski definition) is 6. The van der Waals surface area contributed by atoms with Crippen molar-refractivity contribution in [3.63, 3.8) is 0 Å². The van der Waals surface area contributed by atoms with Crippen molar-refractivity contribution in [2.45, 2.75) is 32.4 Å². The van der Waals surface area contributed by atoms with Crippen LogP contribution in [0.5, 0.6) is 0 Å². The molecule has 0 saturated carbocycles. The number of piperidine rings is 1. The Kier molecular flexibility index (Phi) is 8.45. The molecule has 2 amide bonds. The molecule has 0 N–H and O–H groups in total. The zero-order chi connectivity index (χ0) is 25.5. The van der Waals surface area contributed by atoms with Crippen molar-refractivity contribution in [1.82, 2.24) is 30.0 Å². The van der Waals surface area contributed by atoms with E-state index in [-0.39, 0.29) is 24.6 Å². The van der Waals surface area contributed by atoms with E-state index in [0.29, 0.717) is 36.0 Å². The predicted molar refractivity (Wildman–Crippen MR) is 136 cm³/mol. The Balaban J connectivity index is 1.27. The van der Waals surface area contributed by atoms with Crippen molar-refractivity contribution in [3.05, 3.63) is 82.1 Å². The van der Waals surface area contributed by atoms with Crippen LogP contribution in [0.3, 0.4) is 0 Å². The molecule has 188 valence electrons. The first-order valence-corrected chi connectivity index (χ1v) is 12.2. The fraction of sp³-hybridized carbons (Fsp3) is 0.346. The maximum absolute atomic E-state index is 12.8. The Morgan fingerprint density at radius 1 is 1.17 bits per heavy atom. The number of hydrogen-bond donors (Lipinski definition) is 0. The Morgan fingerprint density at radius 2 is 1.92 bits per heavy atom. The van der Waals surface area contributed by atoms with Gasteiger partial charge in [0, 0.05) is 36.8 Å². The number of benzene rings is 2. The second-order valence-corrected chi connectivity index (χ2v) is 9.17. The predicted octanol–water partition coefficient (Wildman–Crippen LogP) is 3.43. The topological polar surface area (TPSA) is 93.5 Å². The Labute approximate surface area is 215 Å². The van der Waals surface area contributed by atoms with Crippen LogP contribution in [0.2, 0.25) is 5.02 Å². The lowest BCUT2D eigenvalue weighted by atomic mass is 10.1. The van der Waals surface area contributed by atoms with Crippen LogP contribution in [0.4, 0.5) is 0 Å². The van der Waals surface area contributed by atoms with E-state index in [9.17, 15) is 9.59 Å². The molecule has 0 aliphatic carbocycles. The third-order valence-electron chi connectivity index (χ3n) is 6.00. The highest BCUT2D eigenvalue weighted by atomic mass is 35.5. The van der Waals surface area contributed by atoms with Gasteiger partial charge in [-0.25, -0.2) is 0 Å². The van der Waals surface area contributed by atoms with Gasteiger partial charge in [-0.1, -0.05) is 35.9 Å². The largest absolute Gasteiger partial charge is 0.358 e. The standard InChI is InChI=1S/C26H29ClN6O3/c1-19-28-30-33(29-19)17-22-16-23(27)10-8-20(22)9-11-25(34)32-14-12-24(13-15-32)36-18-31(2)26(35)21-6-4-3-5-7-21/h3-11,16,24H,12-15,17-18H2,1-2H3/b11-9+. The van der Waals surface area contributed by atoms with E-state index in [0.717, 1.165) is 24.0 Å². The maximum atomic E-state index is 12.8. The number of likely N-dealkylation sites (tertiary alicyclic amines) is 1. The van der Waals surface area contributed by atoms with E-state index >= 15 is 0 Å². The van der Waals surface area contributed by atoms with E-state index < -0.39 is 0 Å². The van der Waals surface area contributed by atoms with Crippen LogP contribution in [0.25, 0.3) is 6.08 Å². The molecule has 3 aromatic rings. The number of amides is 2. The van der Waals surface area contributed by atoms with Crippen LogP contribution >= 0.6 is 11.6 Å². The van der Waals surface area contributed by atoms with Gasteiger partial charge in [0.15, 0.2) is 5.82 Å². The molecule has 10 heteroatoms. The van der Waals surface area contributed by atoms with Gasteiger partial charge in [-0.05, 0) is 66.4 Å². The summed E-state index contributed by atoms with van der Waals surface area (Å²) < 4.78 is 5.95. The zero-order valence-corrected chi connectivity index (χ0v) is 21.1. The average molecular weight is 509 g/mol. The van der Waals surface area contributed by atoms with Crippen LogP contribution < -0.4 is 0 Å². The summed E-state index contributed by atoms with van der Waals surface area (Å²) in [5.74, 6) is 0.455. The molecule has 36 heavy (non-hydrogen) atoms. The van der Waals surface area contributed by atoms with E-state index in [2.05, 4.69) is 15.4 Å². The van der Waals surface area contributed by atoms with Crippen LogP contribution in [0, 0.1) is 6.92 Å². The maximum Gasteiger partial charge on any atom is 0.255 e. The monoisotopic (exact) mass is 508 g/mol. The summed E-state index contributed by atoms with van der Waals surface area (Å²) in [6, 6.07) is 14.6. The lowest BCUT2D eigenvalue weighted by Gasteiger charge is -2.32. The molecular formula is C26H29ClN6O3. The van der Waals surface area contributed by atoms with Crippen LogP contribution in [-0.2, 0) is 16.1 Å². The van der Waals surface area contributed by atoms with Crippen LogP contribution in [0.15, 0.2) is 54.6 Å². The van der Waals surface area contributed by atoms with Gasteiger partial charge in [0.2, 0.25) is 5.91 Å². The van der Waals surface area contributed by atoms with Gasteiger partial charge in [0.25, 0.3) is 5.91 Å². The highest BCUT2D eigenvalue weighted by Gasteiger charge is 2.23. The summed E-state index contributed by atoms with van der Waals surface area (Å²) in [7, 11) is 1.73. The minimum absolute atomic E-state index is 0.00515. The minimum atomic E-state index is -0.0790. The first kappa shape index (κ1) is 25.5. The molecule has 4 rings (SSSR count). The molecule has 1 aliphatic heterocycles. The van der Waals surface area contributed by atoms with Gasteiger partial charge >= 0.3 is 0 Å². The number of ether oxygens (including phenoxy) is 1. The quantitative estimate of drug-likeness (QED) is 0.342. The normalized spacial score (nSPS) is 14.4. The second kappa shape index (κ2) is 11.9. The first-order valence-electron chi connectivity index (χ1n) is 11.8. The molecule has 1 saturated heterocycles. The SMILES string of the molecule is Cc1nnn(Cc2cc(Cl)ccc2/C=C/C(=O)N2CCC(OCN(C)C(=O)c3ccccc3)CC2)n1. The first-order chi connectivity index (χ1) is 17.4. The van der Waals surface area contributed by atoms with Crippen molar-refractivity contribution < 1.29 is 14.3 Å². The summed E-state index contributed by atoms with van der Waals surface area (Å²) in [5.41, 5.74) is 2.39. The van der Waals surface area contributed by atoms with E-state index in [1.165, 1.54) is 4.80 Å². The summed E-state index contributed by atoms with van der Waals surface area (Å²) in [6.45, 7) is 3.59. The smallest absolute Gasteiger partial charge is 0.255 e. The van der Waals surface area contributed by atoms with Crippen LogP contribution in [-0.4, -0.2) is 74.8 Å². The summed E-state index contributed by atoms with van der Waals surface area (Å²) in [5, 5.41) is 12.7. The molecule has 1 aromatic heterocycles. The van der Waals surface area contributed by atoms with Crippen molar-refractivity contribution >= 4 is 29.5 Å². The van der Waals surface area contributed by atoms with Gasteiger partial charge in [0.05, 0.1) is 12.6 Å². The minimum Gasteiger partial charge on any atom is -0.358 e. The number of halogens is 1. The lowest BCUT2D eigenvalue weighted by Crippen LogP contribution is -2.41. The third-order valence-corrected chi connectivity index (χ3v) is 6.24. The molecule has 0 atom stereocenters. The number of tetrazole rings is 1. The fourth-order valence-electron chi connectivity index (χ4n) is 4.00. The average Bonchev–Trinajstić information content (AvgIpc) is 3.31. The van der Waals surface area contributed by atoms with Crippen LogP contribution in [0.1, 0.15) is 40.2 Å². The summed E-state index contributed by atoms with van der Waals surface area (Å²) >= 11 is 6.18. The van der Waals surface area contributed by atoms with Gasteiger partial charge in [-0.3, -0.25) is 9.59 Å². The molecule has 2 aromatic carbocycles. The molecule has 1 fully saturated rings. The molecule has 9 nitrogen and oxygen atoms in total. The number of carbonyl (C=O) groups is 2. The van der Waals surface area contributed by atoms with Crippen molar-refractivity contribution in [3.8, 4) is 0 Å². The second-order valence-electron chi connectivity index (χ2n) is 8.73. The van der Waals surface area contributed by atoms with Gasteiger partial charge < -0.3 is 14.5 Å². The van der Waals surface area contributed by atoms with Crippen molar-refractivity contribution in [2.24, 2.45) is 0 Å². The molecule has 0 bridgehead atoms. The fourth-order valence-corrected chi connectivity index (χ4v) is 4.20. The van der Waals surface area contributed by atoms with Crippen molar-refractivity contribution in [1.29, 1.82) is 0 Å². The number of aromatic nitrogens is 4. The number of rotatable bonds is 8. The Bertz CT molecular complexity index is 1220. The highest BCUT2D eigenvalue weighted by molar-refractivity contribution is 6.30. The number of nitrogens with zero attached hydrogens (tertiary/aromatic N) is 6. The molecule has 1 aliphatic rings. The Morgan fingerprint density at radius 3 is 2.61 bits per heavy atom. The summed E-state index contributed by atoms with van der Waals surface area (Å²) in [6.07, 6.45) is 4.82. The van der Waals surface area contributed by atoms with E-state index in [1.54, 1.807) is 49.2 Å². The van der Waals surface area contributed by atoms with Gasteiger partial charge in [-0.15, -0.1) is 10.2 Å². The summed E-state index contributed by atoms with van der Waals surface area (Å²) in [4.78, 5) is 30.1. The van der Waals surface area contributed by atoms with Gasteiger partial charge in [0.1, 0.15) is 6.73 Å². The number of carbonyl (C=O) groups excluding carboxylic acids is 2. The molecule has 0 radical (unpaired) electrons.